The van der Waals surface area contributed by atoms with Gasteiger partial charge in [-0.3, -0.25) is 13.5 Å². The van der Waals surface area contributed by atoms with Crippen molar-refractivity contribution in [3.8, 4) is 10.7 Å². The van der Waals surface area contributed by atoms with Crippen LogP contribution in [-0.4, -0.2) is 64.1 Å². The molecule has 1 aliphatic heterocycles. The molecule has 0 radical (unpaired) electrons. The van der Waals surface area contributed by atoms with E-state index in [2.05, 4.69) is 50.0 Å². The maximum atomic E-state index is 13.4. The normalized spacial score (nSPS) is 21.6. The molecule has 3 aromatic heterocycles. The Balaban J connectivity index is 0.00000133. The van der Waals surface area contributed by atoms with Crippen molar-refractivity contribution in [2.45, 2.75) is 55.6 Å². The van der Waals surface area contributed by atoms with E-state index in [0.29, 0.717) is 36.6 Å². The van der Waals surface area contributed by atoms with Crippen molar-refractivity contribution >= 4 is 34.6 Å². The van der Waals surface area contributed by atoms with E-state index < -0.39 is 13.1 Å². The van der Waals surface area contributed by atoms with Gasteiger partial charge < -0.3 is 10.2 Å². The first-order valence-electron chi connectivity index (χ1n) is 10.9. The van der Waals surface area contributed by atoms with Crippen LogP contribution in [0.25, 0.3) is 16.3 Å². The van der Waals surface area contributed by atoms with E-state index in [1.54, 1.807) is 18.1 Å². The van der Waals surface area contributed by atoms with Crippen molar-refractivity contribution in [2.75, 3.05) is 31.8 Å². The van der Waals surface area contributed by atoms with Gasteiger partial charge in [0.15, 0.2) is 15.7 Å². The summed E-state index contributed by atoms with van der Waals surface area (Å²) in [7, 11) is 0.500. The molecule has 2 aliphatic rings. The average molecular weight is 518 g/mol. The summed E-state index contributed by atoms with van der Waals surface area (Å²) in [5.74, 6) is 0. The van der Waals surface area contributed by atoms with Crippen LogP contribution in [0, 0.1) is 0 Å². The first-order chi connectivity index (χ1) is 16.4. The Hall–Kier alpha value is -1.96. The molecule has 0 unspecified atom stereocenters. The number of imidazole rings is 1. The molecule has 0 aromatic carbocycles. The molecule has 2 fully saturated rings. The molecule has 0 amide bonds. The second-order valence-corrected chi connectivity index (χ2v) is 10.6. The quantitative estimate of drug-likeness (QED) is 0.349. The van der Waals surface area contributed by atoms with Gasteiger partial charge >= 0.3 is 0 Å². The predicted molar refractivity (Wildman–Crippen MR) is 127 cm³/mol. The van der Waals surface area contributed by atoms with Crippen LogP contribution < -0.4 is 14.9 Å². The zero-order valence-corrected chi connectivity index (χ0v) is 20.7. The van der Waals surface area contributed by atoms with Crippen LogP contribution in [0.15, 0.2) is 23.4 Å². The number of aromatic nitrogens is 4. The Morgan fingerprint density at radius 1 is 1.32 bits per heavy atom. The smallest absolute Gasteiger partial charge is 0.291 e. The van der Waals surface area contributed by atoms with Crippen molar-refractivity contribution in [2.24, 2.45) is 0 Å². The lowest BCUT2D eigenvalue weighted by atomic mass is 10.1. The largest absolute Gasteiger partial charge is 0.363 e. The molecule has 2 N–H and O–H groups in total. The number of piperazine rings is 1. The van der Waals surface area contributed by atoms with E-state index in [1.165, 1.54) is 0 Å². The summed E-state index contributed by atoms with van der Waals surface area (Å²) in [6.45, 7) is 5.00. The zero-order chi connectivity index (χ0) is 24.5. The van der Waals surface area contributed by atoms with Crippen molar-refractivity contribution in [3.63, 3.8) is 0 Å². The zero-order valence-electron chi connectivity index (χ0n) is 19.1. The first kappa shape index (κ1) is 25.1. The first-order valence-corrected chi connectivity index (χ1v) is 12.5. The van der Waals surface area contributed by atoms with Gasteiger partial charge in [0.1, 0.15) is 12.4 Å². The molecule has 7 nitrogen and oxygen atoms in total. The van der Waals surface area contributed by atoms with Crippen LogP contribution in [0.5, 0.6) is 0 Å². The predicted octanol–water partition coefficient (Wildman–Crippen LogP) is 4.66. The minimum absolute atomic E-state index is 0.130. The van der Waals surface area contributed by atoms with E-state index >= 15 is 0 Å². The van der Waals surface area contributed by atoms with Gasteiger partial charge in [-0.2, -0.15) is 0 Å². The van der Waals surface area contributed by atoms with E-state index in [4.69, 9.17) is 0 Å². The van der Waals surface area contributed by atoms with Gasteiger partial charge in [-0.15, -0.1) is 10.2 Å². The molecule has 1 saturated heterocycles. The van der Waals surface area contributed by atoms with Gasteiger partial charge in [0.2, 0.25) is 0 Å². The number of pyridine rings is 1. The molecular weight excluding hydrogens is 490 g/mol. The Morgan fingerprint density at radius 2 is 2.09 bits per heavy atom. The maximum Gasteiger partial charge on any atom is 0.291 e. The number of nitrogens with zero attached hydrogens (tertiary/aromatic N) is 5. The molecule has 3 aromatic rings. The van der Waals surface area contributed by atoms with Crippen molar-refractivity contribution in [1.82, 2.24) is 29.6 Å². The molecule has 1 aliphatic carbocycles. The number of hydrogen-bond donors (Lipinski definition) is 2. The third-order valence-electron chi connectivity index (χ3n) is 5.97. The number of nitrogens with one attached hydrogen (secondary N) is 2. The molecule has 4 heterocycles. The molecule has 1 saturated carbocycles. The van der Waals surface area contributed by atoms with Crippen LogP contribution in [0.2, 0.25) is 0 Å². The molecule has 2 atom stereocenters. The maximum absolute atomic E-state index is 13.4. The minimum Gasteiger partial charge on any atom is -0.363 e. The fourth-order valence-corrected chi connectivity index (χ4v) is 5.34. The molecule has 5 rings (SSSR count). The highest BCUT2D eigenvalue weighted by Gasteiger charge is 2.37. The fourth-order valence-electron chi connectivity index (χ4n) is 3.74. The number of hydrogen-bond acceptors (Lipinski definition) is 8. The van der Waals surface area contributed by atoms with Gasteiger partial charge in [0.05, 0.1) is 25.1 Å². The van der Waals surface area contributed by atoms with Gasteiger partial charge in [0.25, 0.3) is 6.43 Å². The Bertz CT molecular complexity index is 1120. The van der Waals surface area contributed by atoms with Crippen molar-refractivity contribution < 1.29 is 17.6 Å². The third-order valence-corrected chi connectivity index (χ3v) is 7.98. The second-order valence-electron chi connectivity index (χ2n) is 8.67. The fraction of sp³-hybridized carbons (Fsp3) is 0.571. The van der Waals surface area contributed by atoms with Gasteiger partial charge in [0, 0.05) is 35.8 Å². The van der Waals surface area contributed by atoms with Gasteiger partial charge in [-0.1, -0.05) is 11.3 Å². The molecule has 0 spiro atoms. The van der Waals surface area contributed by atoms with E-state index in [9.17, 15) is 17.6 Å². The van der Waals surface area contributed by atoms with Crippen LogP contribution >= 0.6 is 23.3 Å². The summed E-state index contributed by atoms with van der Waals surface area (Å²) >= 11 is 2.40. The Labute approximate surface area is 203 Å². The van der Waals surface area contributed by atoms with Gasteiger partial charge in [-0.25, -0.2) is 18.2 Å². The summed E-state index contributed by atoms with van der Waals surface area (Å²) in [4.78, 5) is 7.73. The lowest BCUT2D eigenvalue weighted by Crippen LogP contribution is -2.56. The number of anilines is 1. The summed E-state index contributed by atoms with van der Waals surface area (Å²) in [5.41, 5.74) is 2.30. The molecule has 34 heavy (non-hydrogen) atoms. The number of alkyl halides is 4. The van der Waals surface area contributed by atoms with E-state index in [0.717, 1.165) is 34.8 Å². The molecule has 186 valence electrons. The SMILES string of the molecule is CF.C[C@H]1CN[C@@H](CF)CN1c1cc(SNC2(C)CC2)cn2c(-c3nnc(C(F)F)s3)cnc12. The summed E-state index contributed by atoms with van der Waals surface area (Å²) in [6, 6.07) is 1.96. The topological polar surface area (TPSA) is 70.4 Å². The van der Waals surface area contributed by atoms with Crippen molar-refractivity contribution in [1.29, 1.82) is 0 Å². The molecule has 13 heteroatoms. The van der Waals surface area contributed by atoms with Crippen LogP contribution in [0.3, 0.4) is 0 Å². The Kier molecular flexibility index (Phi) is 7.65. The highest BCUT2D eigenvalue weighted by molar-refractivity contribution is 7.97. The van der Waals surface area contributed by atoms with Gasteiger partial charge in [-0.05, 0) is 44.7 Å². The van der Waals surface area contributed by atoms with E-state index in [-0.39, 0.29) is 22.6 Å². The summed E-state index contributed by atoms with van der Waals surface area (Å²) < 4.78 is 54.5. The monoisotopic (exact) mass is 517 g/mol. The van der Waals surface area contributed by atoms with Crippen LogP contribution in [0.1, 0.15) is 38.1 Å². The molecular formula is C21H27F4N7S2. The minimum atomic E-state index is -2.66. The number of halogens is 4. The average Bonchev–Trinajstić information content (AvgIpc) is 3.22. The number of fused-ring (bicyclic) bond motifs is 1. The molecule has 0 bridgehead atoms. The lowest BCUT2D eigenvalue weighted by Gasteiger charge is -2.39. The van der Waals surface area contributed by atoms with E-state index in [1.807, 2.05) is 10.6 Å². The third kappa shape index (κ3) is 5.16. The summed E-state index contributed by atoms with van der Waals surface area (Å²) in [5, 5.41) is 10.9. The lowest BCUT2D eigenvalue weighted by molar-refractivity contribution is 0.150. The Morgan fingerprint density at radius 3 is 2.74 bits per heavy atom. The standard InChI is InChI=1S/C20H24F3N7S2.CH3F/c1-11-7-24-12(6-21)9-29(11)14-5-13(32-28-20(2)3-4-20)10-30-15(8-25-17(14)30)18-26-27-19(31-18)16(22)23;1-2/h5,8,10-12,16,24,28H,3-4,6-7,9H2,1-2H3;1H3/t11-,12-;/m0./s1. The highest BCUT2D eigenvalue weighted by Crippen LogP contribution is 2.39. The van der Waals surface area contributed by atoms with Crippen LogP contribution in [-0.2, 0) is 0 Å². The van der Waals surface area contributed by atoms with Crippen LogP contribution in [0.4, 0.5) is 23.2 Å². The number of rotatable bonds is 7. The highest BCUT2D eigenvalue weighted by atomic mass is 32.2. The second kappa shape index (κ2) is 10.3. The van der Waals surface area contributed by atoms with Crippen molar-refractivity contribution in [3.05, 3.63) is 23.5 Å². The summed E-state index contributed by atoms with van der Waals surface area (Å²) in [6.07, 6.45) is 3.16.